The van der Waals surface area contributed by atoms with E-state index in [0.717, 1.165) is 25.3 Å². The molecule has 2 aliphatic rings. The van der Waals surface area contributed by atoms with E-state index in [9.17, 15) is 0 Å². The Bertz CT molecular complexity index is 259. The van der Waals surface area contributed by atoms with Gasteiger partial charge in [-0.15, -0.1) is 0 Å². The Morgan fingerprint density at radius 1 is 1.18 bits per heavy atom. The summed E-state index contributed by atoms with van der Waals surface area (Å²) in [4.78, 5) is 0. The molecule has 0 saturated heterocycles. The fraction of sp³-hybridized carbons (Fsp3) is 1.00. The molecular weight excluding hydrogens is 210 g/mol. The zero-order valence-electron chi connectivity index (χ0n) is 11.8. The van der Waals surface area contributed by atoms with Gasteiger partial charge in [0.1, 0.15) is 0 Å². The molecule has 2 bridgehead atoms. The number of aliphatic hydroxyl groups is 1. The maximum atomic E-state index is 8.77. The molecule has 2 N–H and O–H groups in total. The Morgan fingerprint density at radius 2 is 1.94 bits per heavy atom. The molecule has 2 heteroatoms. The number of hydrogen-bond donors (Lipinski definition) is 2. The first kappa shape index (κ1) is 13.4. The van der Waals surface area contributed by atoms with Gasteiger partial charge in [-0.05, 0) is 61.8 Å². The molecular formula is C15H29NO. The van der Waals surface area contributed by atoms with Crippen LogP contribution in [0.15, 0.2) is 0 Å². The molecule has 100 valence electrons. The van der Waals surface area contributed by atoms with Gasteiger partial charge in [-0.3, -0.25) is 0 Å². The Balaban J connectivity index is 1.83. The molecule has 0 heterocycles. The Labute approximate surface area is 106 Å². The number of aliphatic hydroxyl groups excluding tert-OH is 1. The Hall–Kier alpha value is -0.0800. The van der Waals surface area contributed by atoms with Crippen LogP contribution in [-0.4, -0.2) is 24.3 Å². The standard InChI is InChI=1S/C15H29NO/c1-14(2)12-7-8-15(3,11-12)13(14)16-9-5-4-6-10-17/h12-13,16-17H,4-11H2,1-3H3/t12-,13?,15+/m0/s1. The molecule has 17 heavy (non-hydrogen) atoms. The van der Waals surface area contributed by atoms with Crippen molar-refractivity contribution in [3.8, 4) is 0 Å². The SMILES string of the molecule is CC1(C)C(NCCCCCO)[C@]2(C)CC[C@H]1C2. The summed E-state index contributed by atoms with van der Waals surface area (Å²) < 4.78 is 0. The van der Waals surface area contributed by atoms with E-state index in [4.69, 9.17) is 5.11 Å². The number of nitrogens with one attached hydrogen (secondary N) is 1. The predicted molar refractivity (Wildman–Crippen MR) is 72.0 cm³/mol. The van der Waals surface area contributed by atoms with Crippen molar-refractivity contribution >= 4 is 0 Å². The van der Waals surface area contributed by atoms with Crippen molar-refractivity contribution in [1.82, 2.24) is 5.32 Å². The Kier molecular flexibility index (Phi) is 3.84. The third kappa shape index (κ3) is 2.39. The van der Waals surface area contributed by atoms with Gasteiger partial charge in [0.2, 0.25) is 0 Å². The number of hydrogen-bond acceptors (Lipinski definition) is 2. The smallest absolute Gasteiger partial charge is 0.0431 e. The second kappa shape index (κ2) is 4.89. The van der Waals surface area contributed by atoms with Crippen molar-refractivity contribution in [3.05, 3.63) is 0 Å². The molecule has 1 unspecified atom stereocenters. The molecule has 0 aromatic carbocycles. The van der Waals surface area contributed by atoms with Gasteiger partial charge in [0.25, 0.3) is 0 Å². The normalized spacial score (nSPS) is 38.8. The first-order valence-electron chi connectivity index (χ1n) is 7.35. The van der Waals surface area contributed by atoms with Crippen LogP contribution in [-0.2, 0) is 0 Å². The first-order valence-corrected chi connectivity index (χ1v) is 7.35. The van der Waals surface area contributed by atoms with E-state index < -0.39 is 0 Å². The van der Waals surface area contributed by atoms with Crippen LogP contribution < -0.4 is 5.32 Å². The molecule has 0 aromatic heterocycles. The largest absolute Gasteiger partial charge is 0.396 e. The zero-order valence-corrected chi connectivity index (χ0v) is 11.8. The van der Waals surface area contributed by atoms with Crippen molar-refractivity contribution in [1.29, 1.82) is 0 Å². The summed E-state index contributed by atoms with van der Waals surface area (Å²) in [5.41, 5.74) is 1.02. The number of fused-ring (bicyclic) bond motifs is 2. The van der Waals surface area contributed by atoms with E-state index in [1.54, 1.807) is 0 Å². The second-order valence-corrected chi connectivity index (χ2v) is 7.09. The molecule has 3 atom stereocenters. The van der Waals surface area contributed by atoms with E-state index in [1.807, 2.05) is 0 Å². The first-order chi connectivity index (χ1) is 8.00. The summed E-state index contributed by atoms with van der Waals surface area (Å²) >= 11 is 0. The van der Waals surface area contributed by atoms with E-state index in [1.165, 1.54) is 25.7 Å². The summed E-state index contributed by atoms with van der Waals surface area (Å²) in [7, 11) is 0. The summed E-state index contributed by atoms with van der Waals surface area (Å²) in [5, 5.41) is 12.6. The highest BCUT2D eigenvalue weighted by molar-refractivity contribution is 5.11. The molecule has 2 saturated carbocycles. The zero-order chi connectivity index (χ0) is 12.5. The number of unbranched alkanes of at least 4 members (excludes halogenated alkanes) is 2. The monoisotopic (exact) mass is 239 g/mol. The van der Waals surface area contributed by atoms with Crippen molar-refractivity contribution < 1.29 is 5.11 Å². The third-order valence-corrected chi connectivity index (χ3v) is 5.45. The van der Waals surface area contributed by atoms with Gasteiger partial charge in [0, 0.05) is 12.6 Å². The highest BCUT2D eigenvalue weighted by Crippen LogP contribution is 2.62. The molecule has 2 rings (SSSR count). The summed E-state index contributed by atoms with van der Waals surface area (Å²) in [6.07, 6.45) is 7.58. The van der Waals surface area contributed by atoms with E-state index in [-0.39, 0.29) is 0 Å². The molecule has 0 aliphatic heterocycles. The lowest BCUT2D eigenvalue weighted by atomic mass is 9.68. The highest BCUT2D eigenvalue weighted by Gasteiger charge is 2.58. The van der Waals surface area contributed by atoms with Crippen LogP contribution >= 0.6 is 0 Å². The van der Waals surface area contributed by atoms with Gasteiger partial charge in [0.15, 0.2) is 0 Å². The maximum absolute atomic E-state index is 8.77. The topological polar surface area (TPSA) is 32.3 Å². The van der Waals surface area contributed by atoms with Gasteiger partial charge < -0.3 is 10.4 Å². The minimum Gasteiger partial charge on any atom is -0.396 e. The van der Waals surface area contributed by atoms with Crippen LogP contribution in [0.4, 0.5) is 0 Å². The number of rotatable bonds is 6. The summed E-state index contributed by atoms with van der Waals surface area (Å²) in [5.74, 6) is 0.933. The molecule has 2 aliphatic carbocycles. The van der Waals surface area contributed by atoms with Crippen LogP contribution in [0, 0.1) is 16.7 Å². The van der Waals surface area contributed by atoms with E-state index >= 15 is 0 Å². The molecule has 0 radical (unpaired) electrons. The molecule has 0 amide bonds. The van der Waals surface area contributed by atoms with E-state index in [2.05, 4.69) is 26.1 Å². The minimum atomic E-state index is 0.342. The van der Waals surface area contributed by atoms with Crippen LogP contribution in [0.25, 0.3) is 0 Å². The molecule has 2 nitrogen and oxygen atoms in total. The second-order valence-electron chi connectivity index (χ2n) is 7.09. The van der Waals surface area contributed by atoms with E-state index in [0.29, 0.717) is 23.5 Å². The van der Waals surface area contributed by atoms with Gasteiger partial charge in [-0.25, -0.2) is 0 Å². The molecule has 2 fully saturated rings. The fourth-order valence-electron chi connectivity index (χ4n) is 4.47. The third-order valence-electron chi connectivity index (χ3n) is 5.45. The van der Waals surface area contributed by atoms with Crippen LogP contribution in [0.5, 0.6) is 0 Å². The lowest BCUT2D eigenvalue weighted by molar-refractivity contribution is 0.109. The van der Waals surface area contributed by atoms with Gasteiger partial charge >= 0.3 is 0 Å². The van der Waals surface area contributed by atoms with Crippen molar-refractivity contribution in [2.24, 2.45) is 16.7 Å². The van der Waals surface area contributed by atoms with Crippen LogP contribution in [0.3, 0.4) is 0 Å². The molecule has 0 aromatic rings. The van der Waals surface area contributed by atoms with Crippen molar-refractivity contribution in [3.63, 3.8) is 0 Å². The quantitative estimate of drug-likeness (QED) is 0.699. The van der Waals surface area contributed by atoms with Gasteiger partial charge in [-0.2, -0.15) is 0 Å². The Morgan fingerprint density at radius 3 is 2.53 bits per heavy atom. The van der Waals surface area contributed by atoms with Crippen molar-refractivity contribution in [2.75, 3.05) is 13.2 Å². The fourth-order valence-corrected chi connectivity index (χ4v) is 4.47. The van der Waals surface area contributed by atoms with Gasteiger partial charge in [0.05, 0.1) is 0 Å². The molecule has 0 spiro atoms. The predicted octanol–water partition coefficient (Wildman–Crippen LogP) is 2.95. The average molecular weight is 239 g/mol. The lowest BCUT2D eigenvalue weighted by Crippen LogP contribution is -2.50. The highest BCUT2D eigenvalue weighted by atomic mass is 16.2. The maximum Gasteiger partial charge on any atom is 0.0431 e. The minimum absolute atomic E-state index is 0.342. The van der Waals surface area contributed by atoms with Crippen LogP contribution in [0.2, 0.25) is 0 Å². The van der Waals surface area contributed by atoms with Crippen molar-refractivity contribution in [2.45, 2.75) is 65.3 Å². The lowest BCUT2D eigenvalue weighted by Gasteiger charge is -2.43. The average Bonchev–Trinajstić information content (AvgIpc) is 2.73. The van der Waals surface area contributed by atoms with Crippen LogP contribution in [0.1, 0.15) is 59.3 Å². The summed E-state index contributed by atoms with van der Waals surface area (Å²) in [6.45, 7) is 8.85. The van der Waals surface area contributed by atoms with Gasteiger partial charge in [-0.1, -0.05) is 20.8 Å². The summed E-state index contributed by atoms with van der Waals surface area (Å²) in [6, 6.07) is 0.697.